The minimum absolute atomic E-state index is 0. The van der Waals surface area contributed by atoms with E-state index in [2.05, 4.69) is 6.92 Å². The summed E-state index contributed by atoms with van der Waals surface area (Å²) in [7, 11) is 0. The fourth-order valence-electron chi connectivity index (χ4n) is 1.11. The number of hydrogen-bond donors (Lipinski definition) is 1. The third-order valence-electron chi connectivity index (χ3n) is 2.52. The first-order valence-corrected chi connectivity index (χ1v) is 5.55. The molecule has 2 N–H and O–H groups in total. The van der Waals surface area contributed by atoms with E-state index in [1.54, 1.807) is 0 Å². The monoisotopic (exact) mass is 237 g/mol. The number of carbonyl (C=O) groups excluding carboxylic acids is 1. The predicted octanol–water partition coefficient (Wildman–Crippen LogP) is 2.52. The molecule has 0 amide bonds. The van der Waals surface area contributed by atoms with Crippen LogP contribution in [0.15, 0.2) is 0 Å². The van der Waals surface area contributed by atoms with Crippen LogP contribution in [0.3, 0.4) is 0 Å². The average molecular weight is 238 g/mol. The summed E-state index contributed by atoms with van der Waals surface area (Å²) in [5.41, 5.74) is 5.71. The number of halogens is 1. The molecule has 0 rings (SSSR count). The molecule has 0 saturated heterocycles. The molecular weight excluding hydrogens is 214 g/mol. The standard InChI is InChI=1S/C11H23NO2.ClH/c1-4-6-7-8-14-11(13)10(12)9(3)5-2;/h9-10H,4-8,12H2,1-3H3;1H/t9?,10-;/m0./s1. The summed E-state index contributed by atoms with van der Waals surface area (Å²) in [6.07, 6.45) is 4.08. The van der Waals surface area contributed by atoms with E-state index in [0.29, 0.717) is 6.61 Å². The Morgan fingerprint density at radius 1 is 1.33 bits per heavy atom. The zero-order valence-electron chi connectivity index (χ0n) is 9.99. The lowest BCUT2D eigenvalue weighted by Crippen LogP contribution is -2.38. The number of rotatable bonds is 7. The summed E-state index contributed by atoms with van der Waals surface area (Å²) in [4.78, 5) is 11.4. The van der Waals surface area contributed by atoms with E-state index in [4.69, 9.17) is 10.5 Å². The fourth-order valence-corrected chi connectivity index (χ4v) is 1.11. The van der Waals surface area contributed by atoms with E-state index in [-0.39, 0.29) is 24.3 Å². The van der Waals surface area contributed by atoms with Gasteiger partial charge < -0.3 is 10.5 Å². The first-order chi connectivity index (χ1) is 6.63. The maximum Gasteiger partial charge on any atom is 0.323 e. The zero-order chi connectivity index (χ0) is 11.0. The highest BCUT2D eigenvalue weighted by Crippen LogP contribution is 2.07. The summed E-state index contributed by atoms with van der Waals surface area (Å²) < 4.78 is 5.06. The highest BCUT2D eigenvalue weighted by molar-refractivity contribution is 5.85. The second kappa shape index (κ2) is 10.2. The largest absolute Gasteiger partial charge is 0.465 e. The maximum absolute atomic E-state index is 11.4. The Labute approximate surface area is 99.2 Å². The van der Waals surface area contributed by atoms with Crippen LogP contribution in [0.2, 0.25) is 0 Å². The van der Waals surface area contributed by atoms with Crippen molar-refractivity contribution in [3.05, 3.63) is 0 Å². The van der Waals surface area contributed by atoms with Crippen molar-refractivity contribution >= 4 is 18.4 Å². The number of esters is 1. The van der Waals surface area contributed by atoms with Crippen LogP contribution in [0, 0.1) is 5.92 Å². The van der Waals surface area contributed by atoms with E-state index in [1.807, 2.05) is 13.8 Å². The molecule has 0 aliphatic carbocycles. The van der Waals surface area contributed by atoms with E-state index < -0.39 is 6.04 Å². The Kier molecular flexibility index (Phi) is 11.7. The van der Waals surface area contributed by atoms with Gasteiger partial charge in [-0.3, -0.25) is 4.79 Å². The highest BCUT2D eigenvalue weighted by atomic mass is 35.5. The van der Waals surface area contributed by atoms with Gasteiger partial charge in [0.1, 0.15) is 6.04 Å². The van der Waals surface area contributed by atoms with Crippen LogP contribution in [0.5, 0.6) is 0 Å². The third-order valence-corrected chi connectivity index (χ3v) is 2.52. The van der Waals surface area contributed by atoms with E-state index in [0.717, 1.165) is 25.7 Å². The minimum atomic E-state index is -0.457. The van der Waals surface area contributed by atoms with Crippen molar-refractivity contribution < 1.29 is 9.53 Å². The number of carbonyl (C=O) groups is 1. The Balaban J connectivity index is 0. The molecule has 0 aromatic carbocycles. The quantitative estimate of drug-likeness (QED) is 0.547. The lowest BCUT2D eigenvalue weighted by Gasteiger charge is -2.16. The molecule has 0 aliphatic rings. The molecule has 0 aromatic heterocycles. The van der Waals surface area contributed by atoms with Crippen LogP contribution in [0.25, 0.3) is 0 Å². The zero-order valence-corrected chi connectivity index (χ0v) is 10.8. The van der Waals surface area contributed by atoms with Crippen LogP contribution >= 0.6 is 12.4 Å². The molecule has 0 fully saturated rings. The van der Waals surface area contributed by atoms with Gasteiger partial charge >= 0.3 is 5.97 Å². The second-order valence-corrected chi connectivity index (χ2v) is 3.79. The van der Waals surface area contributed by atoms with Gasteiger partial charge in [0.2, 0.25) is 0 Å². The smallest absolute Gasteiger partial charge is 0.323 e. The summed E-state index contributed by atoms with van der Waals surface area (Å²) in [6, 6.07) is -0.457. The summed E-state index contributed by atoms with van der Waals surface area (Å²) in [5, 5.41) is 0. The molecule has 4 heteroatoms. The van der Waals surface area contributed by atoms with Crippen LogP contribution in [0.1, 0.15) is 46.5 Å². The van der Waals surface area contributed by atoms with Crippen molar-refractivity contribution in [3.8, 4) is 0 Å². The molecule has 0 aromatic rings. The Hall–Kier alpha value is -0.280. The summed E-state index contributed by atoms with van der Waals surface area (Å²) in [6.45, 7) is 6.62. The molecule has 92 valence electrons. The average Bonchev–Trinajstić information content (AvgIpc) is 2.21. The molecule has 15 heavy (non-hydrogen) atoms. The third kappa shape index (κ3) is 7.63. The predicted molar refractivity (Wildman–Crippen MR) is 65.2 cm³/mol. The fraction of sp³-hybridized carbons (Fsp3) is 0.909. The Morgan fingerprint density at radius 3 is 2.40 bits per heavy atom. The van der Waals surface area contributed by atoms with E-state index in [9.17, 15) is 4.79 Å². The second-order valence-electron chi connectivity index (χ2n) is 3.79. The van der Waals surface area contributed by atoms with Crippen molar-refractivity contribution in [3.63, 3.8) is 0 Å². The molecule has 2 atom stereocenters. The molecule has 1 unspecified atom stereocenters. The summed E-state index contributed by atoms with van der Waals surface area (Å²) >= 11 is 0. The molecule has 0 radical (unpaired) electrons. The number of unbranched alkanes of at least 4 members (excludes halogenated alkanes) is 2. The maximum atomic E-state index is 11.4. The minimum Gasteiger partial charge on any atom is -0.465 e. The molecule has 0 saturated carbocycles. The molecule has 0 spiro atoms. The van der Waals surface area contributed by atoms with Gasteiger partial charge in [-0.05, 0) is 12.3 Å². The molecule has 0 heterocycles. The lowest BCUT2D eigenvalue weighted by atomic mass is 10.0. The highest BCUT2D eigenvalue weighted by Gasteiger charge is 2.20. The van der Waals surface area contributed by atoms with Crippen LogP contribution in [-0.4, -0.2) is 18.6 Å². The van der Waals surface area contributed by atoms with Gasteiger partial charge in [0, 0.05) is 0 Å². The normalized spacial score (nSPS) is 13.9. The topological polar surface area (TPSA) is 52.3 Å². The van der Waals surface area contributed by atoms with Crippen molar-refractivity contribution in [2.75, 3.05) is 6.61 Å². The molecule has 0 aliphatic heterocycles. The van der Waals surface area contributed by atoms with Gasteiger partial charge in [0.25, 0.3) is 0 Å². The van der Waals surface area contributed by atoms with E-state index >= 15 is 0 Å². The molecule has 3 nitrogen and oxygen atoms in total. The first-order valence-electron chi connectivity index (χ1n) is 5.55. The van der Waals surface area contributed by atoms with Gasteiger partial charge in [-0.2, -0.15) is 0 Å². The van der Waals surface area contributed by atoms with Crippen LogP contribution < -0.4 is 5.73 Å². The lowest BCUT2D eigenvalue weighted by molar-refractivity contribution is -0.146. The van der Waals surface area contributed by atoms with Crippen molar-refractivity contribution in [1.29, 1.82) is 0 Å². The van der Waals surface area contributed by atoms with Gasteiger partial charge in [-0.1, -0.05) is 40.0 Å². The first kappa shape index (κ1) is 17.1. The number of ether oxygens (including phenoxy) is 1. The van der Waals surface area contributed by atoms with E-state index in [1.165, 1.54) is 0 Å². The van der Waals surface area contributed by atoms with Crippen LogP contribution in [-0.2, 0) is 9.53 Å². The van der Waals surface area contributed by atoms with Gasteiger partial charge in [-0.15, -0.1) is 12.4 Å². The van der Waals surface area contributed by atoms with Crippen molar-refractivity contribution in [1.82, 2.24) is 0 Å². The van der Waals surface area contributed by atoms with Gasteiger partial charge in [0.15, 0.2) is 0 Å². The number of nitrogens with two attached hydrogens (primary N) is 1. The molecule has 0 bridgehead atoms. The Morgan fingerprint density at radius 2 is 1.93 bits per heavy atom. The SMILES string of the molecule is CCCCCOC(=O)[C@@H](N)C(C)CC.Cl. The van der Waals surface area contributed by atoms with Gasteiger partial charge in [-0.25, -0.2) is 0 Å². The van der Waals surface area contributed by atoms with Crippen LogP contribution in [0.4, 0.5) is 0 Å². The summed E-state index contributed by atoms with van der Waals surface area (Å²) in [5.74, 6) is -0.0517. The van der Waals surface area contributed by atoms with Crippen molar-refractivity contribution in [2.45, 2.75) is 52.5 Å². The van der Waals surface area contributed by atoms with Gasteiger partial charge in [0.05, 0.1) is 6.61 Å². The number of hydrogen-bond acceptors (Lipinski definition) is 3. The molecular formula is C11H24ClNO2. The van der Waals surface area contributed by atoms with Crippen molar-refractivity contribution in [2.24, 2.45) is 11.7 Å². The Bertz CT molecular complexity index is 165.